The van der Waals surface area contributed by atoms with E-state index < -0.39 is 0 Å². The third-order valence-electron chi connectivity index (χ3n) is 14.6. The highest BCUT2D eigenvalue weighted by Gasteiger charge is 2.43. The fraction of sp³-hybridized carbons (Fsp3) is 0.102. The van der Waals surface area contributed by atoms with Crippen LogP contribution in [0, 0.1) is 0 Å². The molecule has 6 heteroatoms. The number of allylic oxidation sites excluding steroid dienone is 4. The second-order valence-corrected chi connectivity index (χ2v) is 18.4. The Hall–Kier alpha value is -8.09. The Morgan fingerprint density at radius 1 is 0.600 bits per heavy atom. The maximum atomic E-state index is 6.59. The number of para-hydroxylation sites is 2. The Balaban J connectivity index is 0.921. The average molecular weight is 836 g/mol. The molecule has 5 heterocycles. The molecular weight excluding hydrogens is 795 g/mol. The number of aromatic nitrogens is 5. The minimum atomic E-state index is -0.290. The summed E-state index contributed by atoms with van der Waals surface area (Å²) in [7, 11) is 0. The van der Waals surface area contributed by atoms with Crippen LogP contribution < -0.4 is 10.6 Å². The zero-order valence-electron chi connectivity index (χ0n) is 35.9. The molecule has 0 N–H and O–H groups in total. The number of nitrogens with zero attached hydrogens (tertiary/aromatic N) is 5. The lowest BCUT2D eigenvalue weighted by Gasteiger charge is -2.32. The number of fused-ring (bicyclic) bond motifs is 12. The number of hydrogen-bond acceptors (Lipinski definition) is 4. The van der Waals surface area contributed by atoms with Crippen molar-refractivity contribution in [3.8, 4) is 39.9 Å². The minimum Gasteiger partial charge on any atom is -0.456 e. The Morgan fingerprint density at radius 3 is 2.15 bits per heavy atom. The molecule has 4 aromatic heterocycles. The maximum Gasteiger partial charge on any atom is 0.164 e. The average Bonchev–Trinajstić information content (AvgIpc) is 4.08. The van der Waals surface area contributed by atoms with Crippen LogP contribution in [0.15, 0.2) is 186 Å². The highest BCUT2D eigenvalue weighted by Crippen LogP contribution is 2.52. The van der Waals surface area contributed by atoms with Crippen molar-refractivity contribution in [2.45, 2.75) is 37.1 Å². The van der Waals surface area contributed by atoms with E-state index in [-0.39, 0.29) is 11.0 Å². The van der Waals surface area contributed by atoms with Crippen LogP contribution in [0.1, 0.15) is 37.3 Å². The topological polar surface area (TPSA) is 61.7 Å². The van der Waals surface area contributed by atoms with E-state index in [1.54, 1.807) is 0 Å². The van der Waals surface area contributed by atoms with Gasteiger partial charge in [0.2, 0.25) is 0 Å². The van der Waals surface area contributed by atoms with Gasteiger partial charge in [0.25, 0.3) is 0 Å². The highest BCUT2D eigenvalue weighted by atomic mass is 16.3. The number of rotatable bonds is 5. The summed E-state index contributed by atoms with van der Waals surface area (Å²) in [6.45, 7) is 4.75. The molecule has 65 heavy (non-hydrogen) atoms. The zero-order valence-corrected chi connectivity index (χ0v) is 35.9. The largest absolute Gasteiger partial charge is 0.456 e. The standard InChI is InChI=1S/C59H41N5O/c1-58(38-26-29-51-45(33-38)53-43(22-14-25-52(53)65-51)57-61-55(36-15-5-3-6-16-36)60-56(62-57)37-17-7-4-8-18-37)32-30-49-46(35-58)40-19-9-10-24-48(40)63(49)39-27-28-50-44(34-39)41-20-13-21-42-47-23-11-12-31-59(47,2)64(50)54(41)42/h3-31,33-35,47H,32H2,1-2H3. The third-order valence-corrected chi connectivity index (χ3v) is 14.6. The molecule has 3 atom stereocenters. The van der Waals surface area contributed by atoms with Crippen LogP contribution in [-0.2, 0) is 11.0 Å². The molecule has 14 rings (SSSR count). The monoisotopic (exact) mass is 835 g/mol. The third kappa shape index (κ3) is 5.13. The van der Waals surface area contributed by atoms with Crippen molar-refractivity contribution in [3.63, 3.8) is 0 Å². The van der Waals surface area contributed by atoms with Gasteiger partial charge in [0.15, 0.2) is 17.5 Å². The Morgan fingerprint density at radius 2 is 1.34 bits per heavy atom. The van der Waals surface area contributed by atoms with Crippen molar-refractivity contribution in [1.29, 1.82) is 0 Å². The SMILES string of the molecule is CC1(c2ccc3oc4cccc(-c5nc(-c6ccccc6)nc(-c6ccccc6)n5)c4c3c2)C=c2c(n(-c3ccc4c(c3)c3cccc5c3n4C3(C)C=CC=CC53)c3ccccc23)=CC1. The molecule has 308 valence electrons. The van der Waals surface area contributed by atoms with Gasteiger partial charge in [0, 0.05) is 71.2 Å². The van der Waals surface area contributed by atoms with E-state index in [4.69, 9.17) is 19.4 Å². The summed E-state index contributed by atoms with van der Waals surface area (Å²) in [6, 6.07) is 56.0. The lowest BCUT2D eigenvalue weighted by Crippen LogP contribution is -2.37. The van der Waals surface area contributed by atoms with Crippen LogP contribution in [0.5, 0.6) is 0 Å². The highest BCUT2D eigenvalue weighted by molar-refractivity contribution is 6.13. The van der Waals surface area contributed by atoms with Crippen molar-refractivity contribution in [2.24, 2.45) is 0 Å². The van der Waals surface area contributed by atoms with Gasteiger partial charge in [0.05, 0.1) is 22.1 Å². The van der Waals surface area contributed by atoms with Gasteiger partial charge in [-0.25, -0.2) is 15.0 Å². The van der Waals surface area contributed by atoms with Crippen molar-refractivity contribution in [3.05, 3.63) is 204 Å². The molecule has 7 aromatic carbocycles. The molecule has 6 nitrogen and oxygen atoms in total. The predicted octanol–water partition coefficient (Wildman–Crippen LogP) is 12.7. The first-order valence-corrected chi connectivity index (χ1v) is 22.5. The minimum absolute atomic E-state index is 0.135. The van der Waals surface area contributed by atoms with E-state index in [9.17, 15) is 0 Å². The number of furan rings is 1. The molecule has 11 aromatic rings. The lowest BCUT2D eigenvalue weighted by atomic mass is 9.76. The van der Waals surface area contributed by atoms with Gasteiger partial charge >= 0.3 is 0 Å². The molecule has 3 unspecified atom stereocenters. The summed E-state index contributed by atoms with van der Waals surface area (Å²) >= 11 is 0. The summed E-state index contributed by atoms with van der Waals surface area (Å²) < 4.78 is 11.7. The quantitative estimate of drug-likeness (QED) is 0.173. The van der Waals surface area contributed by atoms with Crippen LogP contribution in [0.25, 0.3) is 107 Å². The van der Waals surface area contributed by atoms with E-state index in [2.05, 4.69) is 144 Å². The Bertz CT molecular complexity index is 3960. The van der Waals surface area contributed by atoms with E-state index >= 15 is 0 Å². The molecule has 0 radical (unpaired) electrons. The van der Waals surface area contributed by atoms with Crippen molar-refractivity contribution >= 4 is 66.8 Å². The van der Waals surface area contributed by atoms with Crippen LogP contribution in [0.4, 0.5) is 0 Å². The van der Waals surface area contributed by atoms with Gasteiger partial charge in [-0.15, -0.1) is 0 Å². The molecule has 0 amide bonds. The molecule has 0 bridgehead atoms. The number of benzene rings is 7. The molecule has 3 aliphatic rings. The maximum absolute atomic E-state index is 6.59. The van der Waals surface area contributed by atoms with Crippen LogP contribution in [0.3, 0.4) is 0 Å². The fourth-order valence-electron chi connectivity index (χ4n) is 11.4. The summed E-state index contributed by atoms with van der Waals surface area (Å²) in [4.78, 5) is 15.2. The van der Waals surface area contributed by atoms with Gasteiger partial charge in [-0.3, -0.25) is 0 Å². The zero-order chi connectivity index (χ0) is 43.0. The van der Waals surface area contributed by atoms with E-state index in [1.807, 2.05) is 72.8 Å². The van der Waals surface area contributed by atoms with Crippen LogP contribution in [-0.4, -0.2) is 24.1 Å². The first-order chi connectivity index (χ1) is 31.9. The first-order valence-electron chi connectivity index (χ1n) is 22.5. The number of hydrogen-bond donors (Lipinski definition) is 0. The molecular formula is C59H41N5O. The van der Waals surface area contributed by atoms with Gasteiger partial charge in [0.1, 0.15) is 11.2 Å². The normalized spacial score (nSPS) is 19.6. The summed E-state index contributed by atoms with van der Waals surface area (Å²) in [5, 5.41) is 8.41. The summed E-state index contributed by atoms with van der Waals surface area (Å²) in [6.07, 6.45) is 15.0. The van der Waals surface area contributed by atoms with Crippen molar-refractivity contribution < 1.29 is 4.42 Å². The van der Waals surface area contributed by atoms with E-state index in [1.165, 1.54) is 60.1 Å². The van der Waals surface area contributed by atoms with Gasteiger partial charge in [-0.05, 0) is 66.9 Å². The Labute approximate surface area is 374 Å². The Kier molecular flexibility index (Phi) is 7.40. The van der Waals surface area contributed by atoms with Crippen molar-refractivity contribution in [1.82, 2.24) is 24.1 Å². The molecule has 0 spiro atoms. The van der Waals surface area contributed by atoms with E-state index in [0.29, 0.717) is 23.4 Å². The summed E-state index contributed by atoms with van der Waals surface area (Å²) in [5.74, 6) is 2.21. The van der Waals surface area contributed by atoms with Gasteiger partial charge < -0.3 is 13.6 Å². The fourth-order valence-corrected chi connectivity index (χ4v) is 11.4. The van der Waals surface area contributed by atoms with Gasteiger partial charge in [-0.2, -0.15) is 0 Å². The first kappa shape index (κ1) is 36.4. The van der Waals surface area contributed by atoms with Crippen LogP contribution >= 0.6 is 0 Å². The van der Waals surface area contributed by atoms with Gasteiger partial charge in [-0.1, -0.05) is 159 Å². The smallest absolute Gasteiger partial charge is 0.164 e. The molecule has 0 fully saturated rings. The van der Waals surface area contributed by atoms with Crippen molar-refractivity contribution in [2.75, 3.05) is 0 Å². The second kappa shape index (κ2) is 13.2. The van der Waals surface area contributed by atoms with E-state index in [0.717, 1.165) is 45.0 Å². The van der Waals surface area contributed by atoms with Crippen LogP contribution in [0.2, 0.25) is 0 Å². The molecule has 1 aliphatic heterocycles. The molecule has 0 saturated heterocycles. The summed E-state index contributed by atoms with van der Waals surface area (Å²) in [5.41, 5.74) is 11.7. The molecule has 2 aliphatic carbocycles. The predicted molar refractivity (Wildman–Crippen MR) is 265 cm³/mol. The molecule has 0 saturated carbocycles. The second-order valence-electron chi connectivity index (χ2n) is 18.4. The lowest BCUT2D eigenvalue weighted by molar-refractivity contribution is 0.413.